The molecule has 0 aliphatic heterocycles. The van der Waals surface area contributed by atoms with Gasteiger partial charge in [-0.2, -0.15) is 12.6 Å². The summed E-state index contributed by atoms with van der Waals surface area (Å²) in [6.07, 6.45) is -0.856. The van der Waals surface area contributed by atoms with Gasteiger partial charge in [0, 0.05) is 12.2 Å². The molecule has 4 unspecified atom stereocenters. The summed E-state index contributed by atoms with van der Waals surface area (Å²) in [5, 5.41) is 32.8. The Kier molecular flexibility index (Phi) is 17.4. The number of carbonyl (C=O) groups excluding carboxylic acids is 1. The van der Waals surface area contributed by atoms with Crippen molar-refractivity contribution in [1.29, 1.82) is 0 Å². The second-order valence-corrected chi connectivity index (χ2v) is 5.05. The number of thiol groups is 1. The summed E-state index contributed by atoms with van der Waals surface area (Å²) < 4.78 is 0. The lowest BCUT2D eigenvalue weighted by Crippen LogP contribution is -2.39. The number of aliphatic carboxylic acids is 3. The molecule has 0 fully saturated rings. The third-order valence-corrected chi connectivity index (χ3v) is 2.73. The van der Waals surface area contributed by atoms with Crippen LogP contribution >= 0.6 is 12.6 Å². The van der Waals surface area contributed by atoms with Gasteiger partial charge in [-0.05, 0) is 13.3 Å². The van der Waals surface area contributed by atoms with Crippen molar-refractivity contribution in [3.63, 3.8) is 0 Å². The number of aliphatic hydroxyl groups excluding tert-OH is 1. The van der Waals surface area contributed by atoms with E-state index in [2.05, 4.69) is 12.6 Å². The lowest BCUT2D eigenvalue weighted by molar-refractivity contribution is -0.141. The highest BCUT2D eigenvalue weighted by Gasteiger charge is 2.16. The minimum Gasteiger partial charge on any atom is -0.480 e. The molecule has 0 heterocycles. The maximum absolute atomic E-state index is 10.1. The highest BCUT2D eigenvalue weighted by atomic mass is 32.1. The van der Waals surface area contributed by atoms with Crippen molar-refractivity contribution in [2.75, 3.05) is 5.75 Å². The molecule has 0 bridgehead atoms. The summed E-state index contributed by atoms with van der Waals surface area (Å²) in [5.41, 5.74) is 19.7. The SMILES string of the molecule is CC(O)C(N)C(=O)O.NC(=O)CCC(N)C(=O)O.NC(CS)C(=O)O. The minimum atomic E-state index is -1.18. The van der Waals surface area contributed by atoms with Gasteiger partial charge in [0.2, 0.25) is 5.91 Å². The van der Waals surface area contributed by atoms with Crippen LogP contribution in [0.25, 0.3) is 0 Å². The Labute approximate surface area is 149 Å². The predicted molar refractivity (Wildman–Crippen MR) is 90.8 cm³/mol. The van der Waals surface area contributed by atoms with Gasteiger partial charge in [0.05, 0.1) is 6.10 Å². The molecule has 0 aromatic heterocycles. The van der Waals surface area contributed by atoms with Gasteiger partial charge in [0.15, 0.2) is 0 Å². The Hall–Kier alpha value is -1.93. The number of carboxylic acid groups (broad SMARTS) is 3. The van der Waals surface area contributed by atoms with E-state index in [1.165, 1.54) is 6.92 Å². The van der Waals surface area contributed by atoms with Crippen LogP contribution in [0.2, 0.25) is 0 Å². The second-order valence-electron chi connectivity index (χ2n) is 4.68. The first kappa shape index (κ1) is 27.9. The van der Waals surface area contributed by atoms with Crippen LogP contribution < -0.4 is 22.9 Å². The molecule has 0 aromatic rings. The molecule has 1 amide bonds. The molecule has 0 saturated carbocycles. The highest BCUT2D eigenvalue weighted by Crippen LogP contribution is 1.92. The van der Waals surface area contributed by atoms with E-state index in [-0.39, 0.29) is 18.6 Å². The molecule has 12 nitrogen and oxygen atoms in total. The van der Waals surface area contributed by atoms with Crippen LogP contribution in [0.3, 0.4) is 0 Å². The van der Waals surface area contributed by atoms with Crippen LogP contribution in [-0.2, 0) is 19.2 Å². The summed E-state index contributed by atoms with van der Waals surface area (Å²) in [7, 11) is 0. The van der Waals surface area contributed by atoms with E-state index in [9.17, 15) is 19.2 Å². The van der Waals surface area contributed by atoms with Crippen molar-refractivity contribution in [3.05, 3.63) is 0 Å². The first-order chi connectivity index (χ1) is 11.3. The monoisotopic (exact) mass is 386 g/mol. The predicted octanol–water partition coefficient (Wildman–Crippen LogP) is -3.23. The van der Waals surface area contributed by atoms with E-state index in [4.69, 9.17) is 43.4 Å². The minimum absolute atomic E-state index is 0.0213. The van der Waals surface area contributed by atoms with Crippen LogP contribution in [0.1, 0.15) is 19.8 Å². The Morgan fingerprint density at radius 3 is 1.44 bits per heavy atom. The van der Waals surface area contributed by atoms with Gasteiger partial charge in [-0.1, -0.05) is 0 Å². The molecule has 148 valence electrons. The number of nitrogens with two attached hydrogens (primary N) is 4. The van der Waals surface area contributed by atoms with Gasteiger partial charge in [0.25, 0.3) is 0 Å². The molecular weight excluding hydrogens is 360 g/mol. The Bertz CT molecular complexity index is 435. The lowest BCUT2D eigenvalue weighted by Gasteiger charge is -2.06. The van der Waals surface area contributed by atoms with E-state index in [1.807, 2.05) is 0 Å². The standard InChI is InChI=1S/C5H10N2O3.C4H9NO3.C3H7NO2S/c6-3(5(9)10)1-2-4(7)8;1-2(6)3(5)4(7)8;4-2(1-7)3(5)6/h3H,1-2,6H2,(H2,7,8)(H,9,10);2-3,6H,5H2,1H3,(H,7,8);2,7H,1,4H2,(H,5,6). The molecule has 0 aromatic carbocycles. The third kappa shape index (κ3) is 20.0. The van der Waals surface area contributed by atoms with Crippen molar-refractivity contribution in [2.45, 2.75) is 44.0 Å². The first-order valence-electron chi connectivity index (χ1n) is 6.80. The molecule has 0 saturated heterocycles. The average molecular weight is 386 g/mol. The van der Waals surface area contributed by atoms with Gasteiger partial charge in [-0.3, -0.25) is 19.2 Å². The maximum atomic E-state index is 10.1. The fraction of sp³-hybridized carbons (Fsp3) is 0.667. The zero-order chi connectivity index (χ0) is 20.7. The molecule has 0 aliphatic carbocycles. The Morgan fingerprint density at radius 1 is 0.920 bits per heavy atom. The van der Waals surface area contributed by atoms with Gasteiger partial charge in [-0.25, -0.2) is 0 Å². The summed E-state index contributed by atoms with van der Waals surface area (Å²) in [4.78, 5) is 39.7. The second kappa shape index (κ2) is 15.6. The van der Waals surface area contributed by atoms with Crippen LogP contribution in [-0.4, -0.2) is 74.2 Å². The van der Waals surface area contributed by atoms with Gasteiger partial charge in [-0.15, -0.1) is 0 Å². The van der Waals surface area contributed by atoms with Crippen LogP contribution in [0.4, 0.5) is 0 Å². The Morgan fingerprint density at radius 2 is 1.32 bits per heavy atom. The average Bonchev–Trinajstić information content (AvgIpc) is 2.51. The molecule has 13 heteroatoms. The molecular formula is C12H26N4O8S. The van der Waals surface area contributed by atoms with Gasteiger partial charge >= 0.3 is 17.9 Å². The van der Waals surface area contributed by atoms with Crippen molar-refractivity contribution in [1.82, 2.24) is 0 Å². The molecule has 4 atom stereocenters. The Balaban J connectivity index is -0.000000296. The third-order valence-electron chi connectivity index (χ3n) is 2.34. The van der Waals surface area contributed by atoms with Crippen LogP contribution in [0, 0.1) is 0 Å². The molecule has 0 rings (SSSR count). The number of carbonyl (C=O) groups is 4. The fourth-order valence-corrected chi connectivity index (χ4v) is 0.862. The number of amides is 1. The summed E-state index contributed by atoms with van der Waals surface area (Å²) >= 11 is 3.65. The normalized spacial score (nSPS) is 14.3. The molecule has 0 radical (unpaired) electrons. The number of aliphatic hydroxyl groups is 1. The number of rotatable bonds is 8. The number of primary amides is 1. The first-order valence-corrected chi connectivity index (χ1v) is 7.43. The zero-order valence-corrected chi connectivity index (χ0v) is 14.5. The van der Waals surface area contributed by atoms with Crippen molar-refractivity contribution < 1.29 is 39.6 Å². The van der Waals surface area contributed by atoms with Crippen LogP contribution in [0.5, 0.6) is 0 Å². The van der Waals surface area contributed by atoms with Crippen molar-refractivity contribution in [2.24, 2.45) is 22.9 Å². The topological polar surface area (TPSA) is 253 Å². The zero-order valence-electron chi connectivity index (χ0n) is 13.6. The fourth-order valence-electron chi connectivity index (χ4n) is 0.706. The van der Waals surface area contributed by atoms with E-state index < -0.39 is 48.0 Å². The lowest BCUT2D eigenvalue weighted by atomic mass is 10.2. The van der Waals surface area contributed by atoms with Crippen molar-refractivity contribution in [3.8, 4) is 0 Å². The van der Waals surface area contributed by atoms with E-state index >= 15 is 0 Å². The van der Waals surface area contributed by atoms with Crippen LogP contribution in [0.15, 0.2) is 0 Å². The quantitative estimate of drug-likeness (QED) is 0.187. The largest absolute Gasteiger partial charge is 0.480 e. The molecule has 25 heavy (non-hydrogen) atoms. The van der Waals surface area contributed by atoms with E-state index in [0.717, 1.165) is 0 Å². The van der Waals surface area contributed by atoms with Gasteiger partial charge in [0.1, 0.15) is 18.1 Å². The maximum Gasteiger partial charge on any atom is 0.323 e. The molecule has 0 aliphatic rings. The molecule has 0 spiro atoms. The summed E-state index contributed by atoms with van der Waals surface area (Å²) in [6, 6.07) is -2.95. The van der Waals surface area contributed by atoms with Gasteiger partial charge < -0.3 is 43.4 Å². The van der Waals surface area contributed by atoms with E-state index in [0.29, 0.717) is 0 Å². The number of hydrogen-bond donors (Lipinski definition) is 9. The number of hydrogen-bond acceptors (Lipinski definition) is 9. The summed E-state index contributed by atoms with van der Waals surface area (Å²) in [6.45, 7) is 1.33. The highest BCUT2D eigenvalue weighted by molar-refractivity contribution is 7.80. The number of carboxylic acids is 3. The van der Waals surface area contributed by atoms with E-state index in [1.54, 1.807) is 0 Å². The smallest absolute Gasteiger partial charge is 0.323 e. The summed E-state index contributed by atoms with van der Waals surface area (Å²) in [5.74, 6) is -3.64. The molecule has 12 N–H and O–H groups in total. The van der Waals surface area contributed by atoms with Crippen molar-refractivity contribution >= 4 is 36.4 Å².